The lowest BCUT2D eigenvalue weighted by atomic mass is 10.2. The molecule has 0 aromatic carbocycles. The van der Waals surface area contributed by atoms with E-state index < -0.39 is 23.8 Å². The zero-order valence-electron chi connectivity index (χ0n) is 16.4. The van der Waals surface area contributed by atoms with Crippen LogP contribution in [-0.4, -0.2) is 63.2 Å². The molecule has 12 heteroatoms. The Kier molecular flexibility index (Phi) is 5.65. The number of likely N-dealkylation sites (N-methyl/N-ethyl adjacent to an activating group) is 1. The van der Waals surface area contributed by atoms with Gasteiger partial charge in [-0.15, -0.1) is 22.7 Å². The highest BCUT2D eigenvalue weighted by Crippen LogP contribution is 2.33. The fraction of sp³-hybridized carbons (Fsp3) is 0.263. The number of aromatic nitrogens is 2. The Labute approximate surface area is 183 Å². The molecular weight excluding hydrogens is 442 g/mol. The van der Waals surface area contributed by atoms with Crippen molar-refractivity contribution < 1.29 is 19.2 Å². The summed E-state index contributed by atoms with van der Waals surface area (Å²) >= 11 is 2.90. The molecule has 31 heavy (non-hydrogen) atoms. The number of thiophene rings is 2. The van der Waals surface area contributed by atoms with Gasteiger partial charge in [0.05, 0.1) is 11.7 Å². The zero-order valence-corrected chi connectivity index (χ0v) is 18.0. The van der Waals surface area contributed by atoms with Crippen LogP contribution in [-0.2, 0) is 20.9 Å². The number of carbonyl (C=O) groups excluding carboxylic acids is 4. The van der Waals surface area contributed by atoms with E-state index in [0.29, 0.717) is 10.2 Å². The van der Waals surface area contributed by atoms with Crippen molar-refractivity contribution in [2.24, 2.45) is 0 Å². The fourth-order valence-corrected chi connectivity index (χ4v) is 4.90. The highest BCUT2D eigenvalue weighted by Gasteiger charge is 2.41. The van der Waals surface area contributed by atoms with Crippen LogP contribution in [0, 0.1) is 0 Å². The molecule has 0 radical (unpaired) electrons. The van der Waals surface area contributed by atoms with Crippen molar-refractivity contribution in [2.45, 2.75) is 13.0 Å². The Bertz CT molecular complexity index is 1250. The van der Waals surface area contributed by atoms with Crippen LogP contribution in [0.15, 0.2) is 34.0 Å². The van der Waals surface area contributed by atoms with Crippen molar-refractivity contribution in [3.05, 3.63) is 39.6 Å². The van der Waals surface area contributed by atoms with Gasteiger partial charge in [0, 0.05) is 36.0 Å². The van der Waals surface area contributed by atoms with Crippen LogP contribution in [0.3, 0.4) is 0 Å². The number of rotatable bonds is 7. The predicted octanol–water partition coefficient (Wildman–Crippen LogP) is 1.11. The number of hydrogen-bond acceptors (Lipinski definition) is 8. The minimum Gasteiger partial charge on any atom is -0.354 e. The summed E-state index contributed by atoms with van der Waals surface area (Å²) in [5.74, 6) is -2.14. The molecular formula is C19H17N5O5S2. The fourth-order valence-electron chi connectivity index (χ4n) is 3.18. The maximum Gasteiger partial charge on any atom is 0.333 e. The summed E-state index contributed by atoms with van der Waals surface area (Å²) in [6.45, 7) is -0.0119. The summed E-state index contributed by atoms with van der Waals surface area (Å²) in [5, 5.41) is 6.95. The Morgan fingerprint density at radius 3 is 2.65 bits per heavy atom. The molecule has 4 rings (SSSR count). The second-order valence-corrected chi connectivity index (χ2v) is 8.60. The van der Waals surface area contributed by atoms with Crippen LogP contribution >= 0.6 is 22.7 Å². The summed E-state index contributed by atoms with van der Waals surface area (Å²) < 4.78 is 1.25. The lowest BCUT2D eigenvalue weighted by molar-refractivity contribution is -0.142. The van der Waals surface area contributed by atoms with Gasteiger partial charge >= 0.3 is 17.8 Å². The molecule has 5 amide bonds. The number of nitrogens with one attached hydrogen (secondary N) is 1. The van der Waals surface area contributed by atoms with Gasteiger partial charge in [-0.25, -0.2) is 9.78 Å². The molecule has 1 saturated heterocycles. The van der Waals surface area contributed by atoms with Gasteiger partial charge in [-0.3, -0.25) is 33.5 Å². The van der Waals surface area contributed by atoms with Crippen LogP contribution in [0.1, 0.15) is 6.42 Å². The molecule has 10 nitrogen and oxygen atoms in total. The van der Waals surface area contributed by atoms with Crippen molar-refractivity contribution in [3.8, 4) is 10.4 Å². The first-order valence-corrected chi connectivity index (χ1v) is 11.0. The molecule has 1 fully saturated rings. The summed E-state index contributed by atoms with van der Waals surface area (Å²) in [7, 11) is 1.24. The van der Waals surface area contributed by atoms with Gasteiger partial charge in [0.1, 0.15) is 11.4 Å². The summed E-state index contributed by atoms with van der Waals surface area (Å²) in [6, 6.07) is 3.16. The number of nitrogens with zero attached hydrogens (tertiary/aromatic N) is 4. The zero-order chi connectivity index (χ0) is 22.1. The number of carbonyl (C=O) groups is 4. The van der Waals surface area contributed by atoms with E-state index in [2.05, 4.69) is 10.3 Å². The third kappa shape index (κ3) is 3.86. The van der Waals surface area contributed by atoms with E-state index in [-0.39, 0.29) is 31.6 Å². The minimum atomic E-state index is -0.873. The third-order valence-corrected chi connectivity index (χ3v) is 6.58. The highest BCUT2D eigenvalue weighted by molar-refractivity contribution is 7.18. The molecule has 1 N–H and O–H groups in total. The molecule has 0 atom stereocenters. The van der Waals surface area contributed by atoms with E-state index in [1.54, 1.807) is 0 Å². The molecule has 3 aromatic heterocycles. The summed E-state index contributed by atoms with van der Waals surface area (Å²) in [4.78, 5) is 67.7. The second-order valence-electron chi connectivity index (χ2n) is 6.79. The van der Waals surface area contributed by atoms with E-state index in [1.165, 1.54) is 40.6 Å². The monoisotopic (exact) mass is 459 g/mol. The predicted molar refractivity (Wildman–Crippen MR) is 115 cm³/mol. The second kappa shape index (κ2) is 8.40. The Hall–Kier alpha value is -3.38. The average molecular weight is 460 g/mol. The van der Waals surface area contributed by atoms with E-state index in [4.69, 9.17) is 0 Å². The Morgan fingerprint density at radius 2 is 1.97 bits per heavy atom. The van der Waals surface area contributed by atoms with Crippen LogP contribution in [0.5, 0.6) is 0 Å². The van der Waals surface area contributed by atoms with Gasteiger partial charge in [0.15, 0.2) is 0 Å². The molecule has 160 valence electrons. The minimum absolute atomic E-state index is 0.0145. The smallest absolute Gasteiger partial charge is 0.333 e. The SMILES string of the molecule is CN1C(=O)C(=O)N(CCCNC(=O)Cn2cnc3scc(-c4cccs4)c3c2=O)C1=O. The lowest BCUT2D eigenvalue weighted by Gasteiger charge is -2.13. The van der Waals surface area contributed by atoms with E-state index in [0.717, 1.165) is 20.2 Å². The maximum atomic E-state index is 12.9. The van der Waals surface area contributed by atoms with E-state index in [1.807, 2.05) is 22.9 Å². The summed E-state index contributed by atoms with van der Waals surface area (Å²) in [6.07, 6.45) is 1.63. The topological polar surface area (TPSA) is 122 Å². The van der Waals surface area contributed by atoms with Gasteiger partial charge in [-0.2, -0.15) is 0 Å². The van der Waals surface area contributed by atoms with Gasteiger partial charge in [0.25, 0.3) is 5.56 Å². The van der Waals surface area contributed by atoms with Crippen molar-refractivity contribution in [1.82, 2.24) is 24.7 Å². The van der Waals surface area contributed by atoms with Crippen molar-refractivity contribution >= 4 is 56.6 Å². The maximum absolute atomic E-state index is 12.9. The molecule has 4 heterocycles. The summed E-state index contributed by atoms with van der Waals surface area (Å²) in [5.41, 5.74) is 0.515. The molecule has 0 bridgehead atoms. The molecule has 1 aliphatic heterocycles. The van der Waals surface area contributed by atoms with Crippen molar-refractivity contribution in [3.63, 3.8) is 0 Å². The first kappa shape index (κ1) is 20.9. The molecule has 1 aliphatic rings. The normalized spacial score (nSPS) is 14.2. The van der Waals surface area contributed by atoms with Crippen LogP contribution in [0.2, 0.25) is 0 Å². The van der Waals surface area contributed by atoms with Gasteiger partial charge in [-0.1, -0.05) is 6.07 Å². The molecule has 0 saturated carbocycles. The van der Waals surface area contributed by atoms with Crippen LogP contribution in [0.25, 0.3) is 20.7 Å². The Balaban J connectivity index is 1.37. The van der Waals surface area contributed by atoms with Crippen LogP contribution in [0.4, 0.5) is 4.79 Å². The quantitative estimate of drug-likeness (QED) is 0.321. The molecule has 0 unspecified atom stereocenters. The van der Waals surface area contributed by atoms with Crippen LogP contribution < -0.4 is 10.9 Å². The third-order valence-electron chi connectivity index (χ3n) is 4.79. The van der Waals surface area contributed by atoms with E-state index in [9.17, 15) is 24.0 Å². The highest BCUT2D eigenvalue weighted by atomic mass is 32.1. The molecule has 0 aliphatic carbocycles. The number of fused-ring (bicyclic) bond motifs is 1. The number of urea groups is 1. The first-order chi connectivity index (χ1) is 14.9. The number of imide groups is 2. The lowest BCUT2D eigenvalue weighted by Crippen LogP contribution is -2.36. The Morgan fingerprint density at radius 1 is 1.16 bits per heavy atom. The average Bonchev–Trinajstić information content (AvgIpc) is 3.46. The van der Waals surface area contributed by atoms with Gasteiger partial charge < -0.3 is 5.32 Å². The standard InChI is InChI=1S/C19H17N5O5S2/c1-22-17(27)18(28)24(19(22)29)6-3-5-20-13(25)8-23-10-21-15-14(16(23)26)11(9-31-15)12-4-2-7-30-12/h2,4,7,9-10H,3,5-6,8H2,1H3,(H,20,25). The van der Waals surface area contributed by atoms with Crippen molar-refractivity contribution in [2.75, 3.05) is 20.1 Å². The largest absolute Gasteiger partial charge is 0.354 e. The van der Waals surface area contributed by atoms with Gasteiger partial charge in [-0.05, 0) is 17.9 Å². The number of hydrogen-bond donors (Lipinski definition) is 1. The van der Waals surface area contributed by atoms with Crippen molar-refractivity contribution in [1.29, 1.82) is 0 Å². The van der Waals surface area contributed by atoms with E-state index >= 15 is 0 Å². The molecule has 3 aromatic rings. The first-order valence-electron chi connectivity index (χ1n) is 9.29. The van der Waals surface area contributed by atoms with Gasteiger partial charge in [0.2, 0.25) is 5.91 Å². The molecule has 0 spiro atoms. The number of amides is 5.